The lowest BCUT2D eigenvalue weighted by Gasteiger charge is -2.21. The zero-order valence-corrected chi connectivity index (χ0v) is 13.5. The van der Waals surface area contributed by atoms with Crippen LogP contribution in [-0.2, 0) is 0 Å². The van der Waals surface area contributed by atoms with Crippen molar-refractivity contribution in [2.45, 2.75) is 44.2 Å². The Morgan fingerprint density at radius 1 is 1.00 bits per heavy atom. The molecule has 1 saturated heterocycles. The Labute approximate surface area is 129 Å². The summed E-state index contributed by atoms with van der Waals surface area (Å²) in [6.07, 6.45) is 12.5. The van der Waals surface area contributed by atoms with E-state index >= 15 is 0 Å². The lowest BCUT2D eigenvalue weighted by atomic mass is 10.1. The summed E-state index contributed by atoms with van der Waals surface area (Å²) in [4.78, 5) is 0. The van der Waals surface area contributed by atoms with E-state index in [2.05, 4.69) is 51.8 Å². The van der Waals surface area contributed by atoms with Gasteiger partial charge in [0.1, 0.15) is 0 Å². The summed E-state index contributed by atoms with van der Waals surface area (Å²) >= 11 is 0. The van der Waals surface area contributed by atoms with Crippen molar-refractivity contribution in [1.82, 2.24) is 5.01 Å². The Kier molecular flexibility index (Phi) is 5.40. The Balaban J connectivity index is 1.54. The van der Waals surface area contributed by atoms with Gasteiger partial charge in [0.2, 0.25) is 0 Å². The molecule has 1 aliphatic carbocycles. The van der Waals surface area contributed by atoms with Gasteiger partial charge < -0.3 is 0 Å². The number of benzene rings is 1. The van der Waals surface area contributed by atoms with Gasteiger partial charge in [0.15, 0.2) is 0 Å². The van der Waals surface area contributed by atoms with E-state index in [1.165, 1.54) is 43.8 Å². The number of nitrogens with zero attached hydrogens (tertiary/aromatic N) is 3. The van der Waals surface area contributed by atoms with E-state index in [1.54, 1.807) is 0 Å². The van der Waals surface area contributed by atoms with Gasteiger partial charge in [-0.3, -0.25) is 5.01 Å². The van der Waals surface area contributed by atoms with Gasteiger partial charge >= 0.3 is 0 Å². The molecule has 0 radical (unpaired) electrons. The summed E-state index contributed by atoms with van der Waals surface area (Å²) in [5.74, 6) is 0. The molecule has 0 spiro atoms. The van der Waals surface area contributed by atoms with Crippen molar-refractivity contribution in [2.24, 2.45) is 10.3 Å². The van der Waals surface area contributed by atoms with Gasteiger partial charge in [-0.1, -0.05) is 38.1 Å². The lowest BCUT2D eigenvalue weighted by molar-refractivity contribution is 0.224. The normalized spacial score (nSPS) is 23.4. The quantitative estimate of drug-likeness (QED) is 0.454. The maximum atomic E-state index is 4.36. The van der Waals surface area contributed by atoms with Crippen LogP contribution in [0, 0.1) is 0 Å². The van der Waals surface area contributed by atoms with Crippen molar-refractivity contribution >= 4 is 19.6 Å². The first-order valence-corrected chi connectivity index (χ1v) is 9.18. The first-order chi connectivity index (χ1) is 10.4. The van der Waals surface area contributed by atoms with Gasteiger partial charge in [0.05, 0.1) is 5.69 Å². The average molecular weight is 301 g/mol. The summed E-state index contributed by atoms with van der Waals surface area (Å²) < 4.78 is 0. The molecule has 0 amide bonds. The molecule has 0 aromatic heterocycles. The molecular weight excluding hydrogens is 277 g/mol. The van der Waals surface area contributed by atoms with Crippen molar-refractivity contribution in [1.29, 1.82) is 0 Å². The zero-order valence-electron chi connectivity index (χ0n) is 12.5. The largest absolute Gasteiger partial charge is 0.278 e. The third kappa shape index (κ3) is 4.64. The van der Waals surface area contributed by atoms with Crippen LogP contribution >= 0.6 is 8.58 Å². The fraction of sp³-hybridized carbons (Fsp3) is 0.529. The van der Waals surface area contributed by atoms with Gasteiger partial charge in [-0.05, 0) is 61.6 Å². The monoisotopic (exact) mass is 301 g/mol. The van der Waals surface area contributed by atoms with Gasteiger partial charge in [-0.15, -0.1) is 5.11 Å². The Hall–Kier alpha value is -1.21. The topological polar surface area (TPSA) is 28.0 Å². The third-order valence-electron chi connectivity index (χ3n) is 4.09. The van der Waals surface area contributed by atoms with Crippen LogP contribution in [0.25, 0.3) is 0 Å². The number of piperidine rings is 1. The first kappa shape index (κ1) is 14.7. The molecule has 1 heterocycles. The molecule has 1 aromatic rings. The van der Waals surface area contributed by atoms with E-state index < -0.39 is 0 Å². The van der Waals surface area contributed by atoms with Crippen molar-refractivity contribution < 1.29 is 0 Å². The van der Waals surface area contributed by atoms with E-state index in [0.717, 1.165) is 33.0 Å². The molecule has 0 bridgehead atoms. The molecule has 2 atom stereocenters. The number of rotatable bonds is 4. The summed E-state index contributed by atoms with van der Waals surface area (Å²) in [6, 6.07) is 8.63. The maximum absolute atomic E-state index is 4.36. The minimum absolute atomic E-state index is 0.750. The highest BCUT2D eigenvalue weighted by molar-refractivity contribution is 7.48. The second-order valence-electron chi connectivity index (χ2n) is 5.86. The second kappa shape index (κ2) is 7.70. The molecule has 112 valence electrons. The predicted molar refractivity (Wildman–Crippen MR) is 91.1 cm³/mol. The molecule has 1 aromatic carbocycles. The molecule has 2 unspecified atom stereocenters. The van der Waals surface area contributed by atoms with Crippen molar-refractivity contribution in [3.05, 3.63) is 36.4 Å². The number of hydrogen-bond acceptors (Lipinski definition) is 2. The van der Waals surface area contributed by atoms with Crippen LogP contribution in [0.3, 0.4) is 0 Å². The highest BCUT2D eigenvalue weighted by Gasteiger charge is 2.09. The van der Waals surface area contributed by atoms with Crippen LogP contribution in [0.1, 0.15) is 38.5 Å². The Bertz CT molecular complexity index is 489. The Morgan fingerprint density at radius 3 is 2.52 bits per heavy atom. The molecular formula is C17H24N3P. The molecule has 21 heavy (non-hydrogen) atoms. The molecule has 1 fully saturated rings. The minimum Gasteiger partial charge on any atom is -0.278 e. The molecule has 2 aliphatic rings. The van der Waals surface area contributed by atoms with Gasteiger partial charge in [0, 0.05) is 13.1 Å². The molecule has 0 N–H and O–H groups in total. The SMILES string of the molecule is C1=CC(Pc2ccc(/N=N\N3CCCCC3)cc2)CCC1. The van der Waals surface area contributed by atoms with Crippen LogP contribution in [-0.4, -0.2) is 23.8 Å². The summed E-state index contributed by atoms with van der Waals surface area (Å²) in [5.41, 5.74) is 1.72. The van der Waals surface area contributed by atoms with Crippen molar-refractivity contribution in [3.8, 4) is 0 Å². The van der Waals surface area contributed by atoms with Crippen molar-refractivity contribution in [3.63, 3.8) is 0 Å². The molecule has 3 rings (SSSR count). The van der Waals surface area contributed by atoms with Crippen LogP contribution < -0.4 is 5.30 Å². The summed E-state index contributed by atoms with van der Waals surface area (Å²) in [7, 11) is 0.887. The van der Waals surface area contributed by atoms with Crippen LogP contribution in [0.2, 0.25) is 0 Å². The predicted octanol–water partition coefficient (Wildman–Crippen LogP) is 4.58. The van der Waals surface area contributed by atoms with Gasteiger partial charge in [0.25, 0.3) is 0 Å². The fourth-order valence-corrected chi connectivity index (χ4v) is 4.22. The van der Waals surface area contributed by atoms with Crippen molar-refractivity contribution in [2.75, 3.05) is 13.1 Å². The highest BCUT2D eigenvalue weighted by Crippen LogP contribution is 2.28. The lowest BCUT2D eigenvalue weighted by Crippen LogP contribution is -2.23. The molecule has 4 heteroatoms. The standard InChI is InChI=1S/C17H24N3P/c1-3-7-16(8-4-1)21-17-11-9-15(10-12-17)18-19-20-13-5-2-6-14-20/h3,7,9-12,16,21H,1-2,4-6,8,13-14H2/b19-18-. The third-order valence-corrected chi connectivity index (χ3v) is 5.61. The average Bonchev–Trinajstić information content (AvgIpc) is 2.56. The zero-order chi connectivity index (χ0) is 14.3. The maximum Gasteiger partial charge on any atom is 0.0874 e. The van der Waals surface area contributed by atoms with E-state index in [9.17, 15) is 0 Å². The summed E-state index contributed by atoms with van der Waals surface area (Å²) in [6.45, 7) is 2.11. The highest BCUT2D eigenvalue weighted by atomic mass is 31.1. The number of hydrogen-bond donors (Lipinski definition) is 0. The second-order valence-corrected chi connectivity index (χ2v) is 7.47. The molecule has 1 aliphatic heterocycles. The van der Waals surface area contributed by atoms with Crippen LogP contribution in [0.5, 0.6) is 0 Å². The van der Waals surface area contributed by atoms with Crippen LogP contribution in [0.4, 0.5) is 5.69 Å². The summed E-state index contributed by atoms with van der Waals surface area (Å²) in [5, 5.41) is 12.2. The van der Waals surface area contributed by atoms with E-state index in [4.69, 9.17) is 0 Å². The number of allylic oxidation sites excluding steroid dienone is 2. The molecule has 3 nitrogen and oxygen atoms in total. The minimum atomic E-state index is 0.750. The van der Waals surface area contributed by atoms with Gasteiger partial charge in [-0.2, -0.15) is 0 Å². The fourth-order valence-electron chi connectivity index (χ4n) is 2.85. The van der Waals surface area contributed by atoms with Crippen LogP contribution in [0.15, 0.2) is 46.8 Å². The van der Waals surface area contributed by atoms with E-state index in [0.29, 0.717) is 0 Å². The van der Waals surface area contributed by atoms with Gasteiger partial charge in [-0.25, -0.2) is 0 Å². The Morgan fingerprint density at radius 2 is 1.81 bits per heavy atom. The molecule has 0 saturated carbocycles. The smallest absolute Gasteiger partial charge is 0.0874 e. The first-order valence-electron chi connectivity index (χ1n) is 8.10. The van der Waals surface area contributed by atoms with E-state index in [1.807, 2.05) is 0 Å². The van der Waals surface area contributed by atoms with E-state index in [-0.39, 0.29) is 0 Å².